The number of benzene rings is 1. The number of rotatable bonds is 4. The molecule has 0 heterocycles. The van der Waals surface area contributed by atoms with Crippen LogP contribution in [0.2, 0.25) is 0 Å². The zero-order chi connectivity index (χ0) is 15.6. The van der Waals surface area contributed by atoms with E-state index in [1.807, 2.05) is 6.92 Å². The van der Waals surface area contributed by atoms with Crippen LogP contribution in [0.4, 0.5) is 4.79 Å². The molecular weight excluding hydrogens is 276 g/mol. The number of aryl methyl sites for hydroxylation is 2. The number of carbonyl (C=O) groups is 1. The van der Waals surface area contributed by atoms with Crippen LogP contribution in [0.3, 0.4) is 0 Å². The summed E-state index contributed by atoms with van der Waals surface area (Å²) in [5.41, 5.74) is 3.87. The van der Waals surface area contributed by atoms with Crippen molar-refractivity contribution in [2.75, 3.05) is 6.61 Å². The first kappa shape index (κ1) is 15.3. The number of hydrogen-bond acceptors (Lipinski definition) is 2. The molecule has 1 aromatic carbocycles. The minimum Gasteiger partial charge on any atom is -0.396 e. The molecule has 0 radical (unpaired) electrons. The van der Waals surface area contributed by atoms with Gasteiger partial charge in [-0.25, -0.2) is 4.79 Å². The second-order valence-electron chi connectivity index (χ2n) is 7.04. The van der Waals surface area contributed by atoms with Crippen molar-refractivity contribution in [1.82, 2.24) is 10.6 Å². The van der Waals surface area contributed by atoms with Crippen LogP contribution in [-0.2, 0) is 19.4 Å². The van der Waals surface area contributed by atoms with Crippen molar-refractivity contribution < 1.29 is 9.90 Å². The molecule has 3 rings (SSSR count). The maximum absolute atomic E-state index is 12.1. The Kier molecular flexibility index (Phi) is 4.39. The van der Waals surface area contributed by atoms with Gasteiger partial charge in [0.1, 0.15) is 0 Å². The van der Waals surface area contributed by atoms with Gasteiger partial charge in [0.15, 0.2) is 0 Å². The number of nitrogens with one attached hydrogen (secondary N) is 2. The minimum atomic E-state index is -0.176. The molecule has 0 bridgehead atoms. The second kappa shape index (κ2) is 6.29. The lowest BCUT2D eigenvalue weighted by atomic mass is 9.86. The van der Waals surface area contributed by atoms with E-state index < -0.39 is 0 Å². The molecular formula is C18H26N2O2. The summed E-state index contributed by atoms with van der Waals surface area (Å²) in [6.07, 6.45) is 6.57. The largest absolute Gasteiger partial charge is 0.396 e. The van der Waals surface area contributed by atoms with Crippen LogP contribution < -0.4 is 10.6 Å². The summed E-state index contributed by atoms with van der Waals surface area (Å²) in [6, 6.07) is 6.45. The van der Waals surface area contributed by atoms with Gasteiger partial charge in [-0.2, -0.15) is 0 Å². The summed E-state index contributed by atoms with van der Waals surface area (Å²) in [4.78, 5) is 12.1. The molecule has 4 nitrogen and oxygen atoms in total. The molecule has 0 saturated heterocycles. The smallest absolute Gasteiger partial charge is 0.315 e. The Morgan fingerprint density at radius 3 is 2.95 bits per heavy atom. The highest BCUT2D eigenvalue weighted by Crippen LogP contribution is 2.37. The number of hydrogen-bond donors (Lipinski definition) is 3. The summed E-state index contributed by atoms with van der Waals surface area (Å²) in [5, 5.41) is 15.5. The predicted octanol–water partition coefficient (Wildman–Crippen LogP) is 2.53. The second-order valence-corrected chi connectivity index (χ2v) is 7.04. The van der Waals surface area contributed by atoms with Crippen LogP contribution in [0.5, 0.6) is 0 Å². The zero-order valence-electron chi connectivity index (χ0n) is 13.3. The van der Waals surface area contributed by atoms with E-state index in [0.29, 0.717) is 6.54 Å². The number of carbonyl (C=O) groups excluding carboxylic acids is 1. The number of aliphatic hydroxyl groups is 1. The summed E-state index contributed by atoms with van der Waals surface area (Å²) in [7, 11) is 0. The lowest BCUT2D eigenvalue weighted by Gasteiger charge is -2.30. The SMILES string of the molecule is CC1(CO)CCCC1NC(=O)NCc1ccc2c(c1)CCC2. The number of fused-ring (bicyclic) bond motifs is 1. The topological polar surface area (TPSA) is 61.4 Å². The average molecular weight is 302 g/mol. The zero-order valence-corrected chi connectivity index (χ0v) is 13.3. The van der Waals surface area contributed by atoms with E-state index in [-0.39, 0.29) is 24.1 Å². The van der Waals surface area contributed by atoms with Gasteiger partial charge in [0.25, 0.3) is 0 Å². The third-order valence-corrected chi connectivity index (χ3v) is 5.36. The van der Waals surface area contributed by atoms with E-state index in [9.17, 15) is 9.90 Å². The fraction of sp³-hybridized carbons (Fsp3) is 0.611. The Morgan fingerprint density at radius 1 is 1.32 bits per heavy atom. The molecule has 1 aromatic rings. The molecule has 0 aliphatic heterocycles. The number of amides is 2. The molecule has 4 heteroatoms. The highest BCUT2D eigenvalue weighted by molar-refractivity contribution is 5.74. The van der Waals surface area contributed by atoms with Crippen LogP contribution in [-0.4, -0.2) is 23.8 Å². The van der Waals surface area contributed by atoms with Gasteiger partial charge in [-0.1, -0.05) is 31.5 Å². The Bertz CT molecular complexity index is 558. The maximum Gasteiger partial charge on any atom is 0.315 e. The average Bonchev–Trinajstić information content (AvgIpc) is 3.12. The Labute approximate surface area is 132 Å². The Hall–Kier alpha value is -1.55. The highest BCUT2D eigenvalue weighted by Gasteiger charge is 2.39. The van der Waals surface area contributed by atoms with E-state index in [4.69, 9.17) is 0 Å². The minimum absolute atomic E-state index is 0.0671. The first-order valence-corrected chi connectivity index (χ1v) is 8.37. The number of urea groups is 1. The van der Waals surface area contributed by atoms with Crippen molar-refractivity contribution in [3.63, 3.8) is 0 Å². The molecule has 3 N–H and O–H groups in total. The van der Waals surface area contributed by atoms with Gasteiger partial charge in [-0.15, -0.1) is 0 Å². The van der Waals surface area contributed by atoms with Crippen LogP contribution >= 0.6 is 0 Å². The van der Waals surface area contributed by atoms with E-state index in [0.717, 1.165) is 31.2 Å². The van der Waals surface area contributed by atoms with E-state index >= 15 is 0 Å². The summed E-state index contributed by atoms with van der Waals surface area (Å²) < 4.78 is 0. The number of aliphatic hydroxyl groups excluding tert-OH is 1. The fourth-order valence-electron chi connectivity index (χ4n) is 3.80. The van der Waals surface area contributed by atoms with Crippen molar-refractivity contribution in [2.45, 2.75) is 58.0 Å². The van der Waals surface area contributed by atoms with Crippen LogP contribution in [0.1, 0.15) is 49.3 Å². The van der Waals surface area contributed by atoms with Crippen molar-refractivity contribution in [1.29, 1.82) is 0 Å². The molecule has 2 unspecified atom stereocenters. The van der Waals surface area contributed by atoms with Crippen LogP contribution in [0, 0.1) is 5.41 Å². The van der Waals surface area contributed by atoms with E-state index in [1.54, 1.807) is 0 Å². The highest BCUT2D eigenvalue weighted by atomic mass is 16.3. The molecule has 2 aliphatic rings. The first-order chi connectivity index (χ1) is 10.6. The van der Waals surface area contributed by atoms with Gasteiger partial charge in [-0.05, 0) is 48.8 Å². The monoisotopic (exact) mass is 302 g/mol. The van der Waals surface area contributed by atoms with Gasteiger partial charge in [0.2, 0.25) is 0 Å². The molecule has 1 saturated carbocycles. The van der Waals surface area contributed by atoms with Gasteiger partial charge < -0.3 is 15.7 Å². The predicted molar refractivity (Wildman–Crippen MR) is 86.7 cm³/mol. The standard InChI is InChI=1S/C18H26N2O2/c1-18(12-21)9-3-6-16(18)20-17(22)19-11-13-7-8-14-4-2-5-15(14)10-13/h7-8,10,16,21H,2-6,9,11-12H2,1H3,(H2,19,20,22). The molecule has 22 heavy (non-hydrogen) atoms. The van der Waals surface area contributed by atoms with Gasteiger partial charge in [0, 0.05) is 18.0 Å². The lowest BCUT2D eigenvalue weighted by molar-refractivity contribution is 0.121. The third-order valence-electron chi connectivity index (χ3n) is 5.36. The molecule has 2 amide bonds. The molecule has 2 atom stereocenters. The van der Waals surface area contributed by atoms with Gasteiger partial charge >= 0.3 is 6.03 Å². The maximum atomic E-state index is 12.1. The van der Waals surface area contributed by atoms with Crippen molar-refractivity contribution in [3.05, 3.63) is 34.9 Å². The van der Waals surface area contributed by atoms with Crippen molar-refractivity contribution in [2.24, 2.45) is 5.41 Å². The summed E-state index contributed by atoms with van der Waals surface area (Å²) in [5.74, 6) is 0. The van der Waals surface area contributed by atoms with Gasteiger partial charge in [-0.3, -0.25) is 0 Å². The third kappa shape index (κ3) is 3.12. The lowest BCUT2D eigenvalue weighted by Crippen LogP contribution is -2.48. The molecule has 2 aliphatic carbocycles. The normalized spacial score (nSPS) is 26.7. The Morgan fingerprint density at radius 2 is 2.14 bits per heavy atom. The molecule has 0 spiro atoms. The quantitative estimate of drug-likeness (QED) is 0.800. The Balaban J connectivity index is 1.52. The molecule has 0 aromatic heterocycles. The van der Waals surface area contributed by atoms with Crippen LogP contribution in [0.25, 0.3) is 0 Å². The summed E-state index contributed by atoms with van der Waals surface area (Å²) >= 11 is 0. The molecule has 120 valence electrons. The fourth-order valence-corrected chi connectivity index (χ4v) is 3.80. The van der Waals surface area contributed by atoms with Crippen molar-refractivity contribution in [3.8, 4) is 0 Å². The summed E-state index contributed by atoms with van der Waals surface area (Å²) in [6.45, 7) is 2.73. The molecule has 1 fully saturated rings. The van der Waals surface area contributed by atoms with Crippen molar-refractivity contribution >= 4 is 6.03 Å². The van der Waals surface area contributed by atoms with E-state index in [2.05, 4.69) is 28.8 Å². The van der Waals surface area contributed by atoms with E-state index in [1.165, 1.54) is 24.0 Å². The van der Waals surface area contributed by atoms with Crippen LogP contribution in [0.15, 0.2) is 18.2 Å². The van der Waals surface area contributed by atoms with Gasteiger partial charge in [0.05, 0.1) is 6.61 Å². The first-order valence-electron chi connectivity index (χ1n) is 8.37.